The molecule has 0 bridgehead atoms. The number of carbonyl (C=O) groups is 4. The molecular formula is C46H64N2O6S3. The number of amides is 4. The van der Waals surface area contributed by atoms with Gasteiger partial charge in [-0.2, -0.15) is 35.3 Å². The van der Waals surface area contributed by atoms with E-state index in [0.717, 1.165) is 24.3 Å². The highest BCUT2D eigenvalue weighted by molar-refractivity contribution is 8.04. The molecule has 0 aliphatic carbocycles. The van der Waals surface area contributed by atoms with Crippen molar-refractivity contribution in [3.8, 4) is 11.5 Å². The Labute approximate surface area is 354 Å². The number of thioether (sulfide) groups is 3. The second-order valence-electron chi connectivity index (χ2n) is 14.6. The standard InChI is InChI=1S/C46H64N2O6S3/c49-43-27-28-44(50)47(43)39-19-23-41(24-20-39)53-31-15-11-7-3-1-5-9-13-17-33-55-35-37-57-38-36-56-34-18-14-10-6-2-4-8-12-16-32-54-42-25-21-40(22-26-42)48-45(51)29-30-46(48)52/h19-30H,1-18,31-38H2. The molecule has 0 saturated carbocycles. The number of nitrogens with zero attached hydrogens (tertiary/aromatic N) is 2. The summed E-state index contributed by atoms with van der Waals surface area (Å²) in [4.78, 5) is 49.5. The van der Waals surface area contributed by atoms with Gasteiger partial charge in [-0.25, -0.2) is 9.80 Å². The molecule has 11 heteroatoms. The van der Waals surface area contributed by atoms with Crippen LogP contribution in [-0.2, 0) is 19.2 Å². The quantitative estimate of drug-likeness (QED) is 0.0504. The molecule has 4 amide bonds. The topological polar surface area (TPSA) is 93.2 Å². The van der Waals surface area contributed by atoms with Crippen LogP contribution >= 0.6 is 35.3 Å². The highest BCUT2D eigenvalue weighted by Gasteiger charge is 2.25. The van der Waals surface area contributed by atoms with E-state index in [9.17, 15) is 19.2 Å². The summed E-state index contributed by atoms with van der Waals surface area (Å²) in [5.74, 6) is 8.10. The number of unbranched alkanes of at least 4 members (excludes halogenated alkanes) is 16. The lowest BCUT2D eigenvalue weighted by atomic mass is 10.1. The van der Waals surface area contributed by atoms with Gasteiger partial charge in [-0.05, 0) is 85.7 Å². The fourth-order valence-corrected chi connectivity index (χ4v) is 10.0. The molecule has 2 aromatic carbocycles. The van der Waals surface area contributed by atoms with Crippen LogP contribution in [0, 0.1) is 0 Å². The minimum atomic E-state index is -0.302. The number of hydrogen-bond acceptors (Lipinski definition) is 9. The van der Waals surface area contributed by atoms with Crippen molar-refractivity contribution in [1.82, 2.24) is 0 Å². The van der Waals surface area contributed by atoms with Gasteiger partial charge in [-0.15, -0.1) is 0 Å². The number of anilines is 2. The minimum absolute atomic E-state index is 0.302. The van der Waals surface area contributed by atoms with Crippen molar-refractivity contribution in [2.24, 2.45) is 0 Å². The Morgan fingerprint density at radius 3 is 0.912 bits per heavy atom. The van der Waals surface area contributed by atoms with Crippen LogP contribution in [0.3, 0.4) is 0 Å². The van der Waals surface area contributed by atoms with Crippen molar-refractivity contribution in [3.63, 3.8) is 0 Å². The van der Waals surface area contributed by atoms with Crippen LogP contribution in [0.5, 0.6) is 11.5 Å². The third-order valence-electron chi connectivity index (χ3n) is 9.96. The van der Waals surface area contributed by atoms with Gasteiger partial charge in [-0.1, -0.05) is 89.9 Å². The van der Waals surface area contributed by atoms with Crippen molar-refractivity contribution in [1.29, 1.82) is 0 Å². The zero-order valence-corrected chi connectivity index (χ0v) is 36.3. The largest absolute Gasteiger partial charge is 0.494 e. The van der Waals surface area contributed by atoms with E-state index in [4.69, 9.17) is 9.47 Å². The Kier molecular flexibility index (Phi) is 23.8. The van der Waals surface area contributed by atoms with Gasteiger partial charge >= 0.3 is 0 Å². The van der Waals surface area contributed by atoms with Gasteiger partial charge in [0.1, 0.15) is 11.5 Å². The summed E-state index contributed by atoms with van der Waals surface area (Å²) in [7, 11) is 0. The lowest BCUT2D eigenvalue weighted by Crippen LogP contribution is -2.29. The lowest BCUT2D eigenvalue weighted by Gasteiger charge is -2.14. The summed E-state index contributed by atoms with van der Waals surface area (Å²) in [6.07, 6.45) is 28.3. The molecular weight excluding hydrogens is 773 g/mol. The van der Waals surface area contributed by atoms with Crippen molar-refractivity contribution in [2.45, 2.75) is 116 Å². The van der Waals surface area contributed by atoms with Crippen LogP contribution in [0.1, 0.15) is 116 Å². The zero-order chi connectivity index (χ0) is 40.2. The van der Waals surface area contributed by atoms with E-state index < -0.39 is 0 Å². The molecule has 0 atom stereocenters. The second-order valence-corrected chi connectivity index (χ2v) is 18.3. The maximum Gasteiger partial charge on any atom is 0.258 e. The van der Waals surface area contributed by atoms with Crippen molar-refractivity contribution >= 4 is 70.3 Å². The van der Waals surface area contributed by atoms with E-state index in [1.54, 1.807) is 24.3 Å². The maximum absolute atomic E-state index is 11.8. The third kappa shape index (κ3) is 19.0. The van der Waals surface area contributed by atoms with Crippen LogP contribution in [0.25, 0.3) is 0 Å². The number of imide groups is 2. The van der Waals surface area contributed by atoms with Gasteiger partial charge in [0.15, 0.2) is 0 Å². The SMILES string of the molecule is O=C1C=CC(=O)N1c1ccc(OCCCCCCCCCCCSCCSCCSCCCCCCCCCCCOc2ccc(N3C(=O)C=CC3=O)cc2)cc1. The number of rotatable bonds is 34. The summed E-state index contributed by atoms with van der Waals surface area (Å²) >= 11 is 6.39. The van der Waals surface area contributed by atoms with Gasteiger partial charge in [0.05, 0.1) is 24.6 Å². The smallest absolute Gasteiger partial charge is 0.258 e. The first-order chi connectivity index (χ1) is 28.0. The molecule has 312 valence electrons. The molecule has 0 aromatic heterocycles. The zero-order valence-electron chi connectivity index (χ0n) is 33.9. The molecule has 0 fully saturated rings. The van der Waals surface area contributed by atoms with E-state index in [0.29, 0.717) is 24.6 Å². The summed E-state index contributed by atoms with van der Waals surface area (Å²) in [6, 6.07) is 14.3. The maximum atomic E-state index is 11.8. The van der Waals surface area contributed by atoms with Gasteiger partial charge < -0.3 is 9.47 Å². The molecule has 0 spiro atoms. The molecule has 0 saturated heterocycles. The summed E-state index contributed by atoms with van der Waals surface area (Å²) < 4.78 is 11.7. The summed E-state index contributed by atoms with van der Waals surface area (Å²) in [6.45, 7) is 1.38. The van der Waals surface area contributed by atoms with Gasteiger partial charge in [0, 0.05) is 47.3 Å². The van der Waals surface area contributed by atoms with Crippen molar-refractivity contribution in [3.05, 3.63) is 72.8 Å². The highest BCUT2D eigenvalue weighted by atomic mass is 32.2. The van der Waals surface area contributed by atoms with Crippen LogP contribution in [-0.4, -0.2) is 71.4 Å². The Balaban J connectivity index is 0.784. The predicted octanol–water partition coefficient (Wildman–Crippen LogP) is 11.2. The monoisotopic (exact) mass is 836 g/mol. The molecule has 2 heterocycles. The molecule has 2 aromatic rings. The number of hydrogen-bond donors (Lipinski definition) is 0. The average molecular weight is 837 g/mol. The van der Waals surface area contributed by atoms with Crippen molar-refractivity contribution < 1.29 is 28.7 Å². The van der Waals surface area contributed by atoms with Crippen LogP contribution in [0.2, 0.25) is 0 Å². The van der Waals surface area contributed by atoms with Gasteiger partial charge in [-0.3, -0.25) is 19.2 Å². The van der Waals surface area contributed by atoms with Gasteiger partial charge in [0.2, 0.25) is 0 Å². The van der Waals surface area contributed by atoms with E-state index in [2.05, 4.69) is 35.3 Å². The second kappa shape index (κ2) is 29.1. The molecule has 0 unspecified atom stereocenters. The summed E-state index contributed by atoms with van der Waals surface area (Å²) in [5.41, 5.74) is 1.15. The van der Waals surface area contributed by atoms with E-state index in [1.807, 2.05) is 24.3 Å². The first-order valence-corrected chi connectivity index (χ1v) is 24.8. The molecule has 4 rings (SSSR count). The van der Waals surface area contributed by atoms with Crippen molar-refractivity contribution in [2.75, 3.05) is 57.5 Å². The molecule has 8 nitrogen and oxygen atoms in total. The van der Waals surface area contributed by atoms with Crippen LogP contribution < -0.4 is 19.3 Å². The van der Waals surface area contributed by atoms with E-state index in [1.165, 1.54) is 171 Å². The van der Waals surface area contributed by atoms with Gasteiger partial charge in [0.25, 0.3) is 23.6 Å². The minimum Gasteiger partial charge on any atom is -0.494 e. The fraction of sp³-hybridized carbons (Fsp3) is 0.565. The lowest BCUT2D eigenvalue weighted by molar-refractivity contribution is -0.121. The Morgan fingerprint density at radius 2 is 0.596 bits per heavy atom. The fourth-order valence-electron chi connectivity index (χ4n) is 6.70. The molecule has 2 aliphatic heterocycles. The Bertz CT molecular complexity index is 1380. The van der Waals surface area contributed by atoms with Crippen LogP contribution in [0.15, 0.2) is 72.8 Å². The Hall–Kier alpha value is -3.15. The van der Waals surface area contributed by atoms with E-state index >= 15 is 0 Å². The number of benzene rings is 2. The molecule has 0 N–H and O–H groups in total. The third-order valence-corrected chi connectivity index (χ3v) is 13.6. The van der Waals surface area contributed by atoms with E-state index in [-0.39, 0.29) is 23.6 Å². The van der Waals surface area contributed by atoms with Crippen LogP contribution in [0.4, 0.5) is 11.4 Å². The normalized spacial score (nSPS) is 13.8. The molecule has 0 radical (unpaired) electrons. The predicted molar refractivity (Wildman–Crippen MR) is 242 cm³/mol. The molecule has 57 heavy (non-hydrogen) atoms. The average Bonchev–Trinajstić information content (AvgIpc) is 3.75. The number of carbonyl (C=O) groups excluding carboxylic acids is 4. The summed E-state index contributed by atoms with van der Waals surface area (Å²) in [5, 5.41) is 0. The highest BCUT2D eigenvalue weighted by Crippen LogP contribution is 2.24. The number of ether oxygens (including phenoxy) is 2. The Morgan fingerprint density at radius 1 is 0.333 bits per heavy atom. The first-order valence-electron chi connectivity index (χ1n) is 21.3. The first kappa shape index (κ1) is 46.5. The molecule has 2 aliphatic rings.